The molecule has 32 heavy (non-hydrogen) atoms. The molecule has 2 aromatic carbocycles. The number of phenols is 2. The van der Waals surface area contributed by atoms with Crippen molar-refractivity contribution in [1.82, 2.24) is 4.57 Å². The first-order valence-electron chi connectivity index (χ1n) is 9.70. The molecule has 0 aliphatic heterocycles. The standard InChI is InChI=1S/C27H17NO4/c1-3-17-10-12-20(24(29)15-17)26(31)19-7-5-8-22(19)28-14-6-9-23(28)27(32)21-13-11-18(4-2)16-25(21)30/h1-2,5-6,8-16,29-30H,7H2. The Morgan fingerprint density at radius 1 is 0.875 bits per heavy atom. The second-order valence-electron chi connectivity index (χ2n) is 7.14. The number of carbonyl (C=O) groups excluding carboxylic acids is 2. The Balaban J connectivity index is 1.76. The summed E-state index contributed by atoms with van der Waals surface area (Å²) in [5.74, 6) is 3.62. The topological polar surface area (TPSA) is 79.5 Å². The van der Waals surface area contributed by atoms with Gasteiger partial charge in [-0.1, -0.05) is 17.9 Å². The minimum absolute atomic E-state index is 0.0990. The van der Waals surface area contributed by atoms with Crippen molar-refractivity contribution >= 4 is 17.3 Å². The van der Waals surface area contributed by atoms with Crippen LogP contribution in [-0.2, 0) is 0 Å². The monoisotopic (exact) mass is 419 g/mol. The molecular formula is C27H17NO4. The van der Waals surface area contributed by atoms with Crippen LogP contribution in [0.3, 0.4) is 0 Å². The molecule has 0 radical (unpaired) electrons. The largest absolute Gasteiger partial charge is 0.507 e. The maximum Gasteiger partial charge on any atom is 0.213 e. The van der Waals surface area contributed by atoms with Gasteiger partial charge >= 0.3 is 0 Å². The van der Waals surface area contributed by atoms with Crippen LogP contribution in [0.5, 0.6) is 11.5 Å². The van der Waals surface area contributed by atoms with Crippen LogP contribution in [-0.4, -0.2) is 26.3 Å². The van der Waals surface area contributed by atoms with Crippen molar-refractivity contribution in [3.05, 3.63) is 100 Å². The van der Waals surface area contributed by atoms with Crippen LogP contribution in [0.1, 0.15) is 44.0 Å². The Kier molecular flexibility index (Phi) is 5.25. The number of hydrogen-bond donors (Lipinski definition) is 2. The van der Waals surface area contributed by atoms with Gasteiger partial charge in [0, 0.05) is 22.9 Å². The fourth-order valence-corrected chi connectivity index (χ4v) is 3.63. The van der Waals surface area contributed by atoms with E-state index in [1.807, 2.05) is 6.08 Å². The number of nitrogens with zero attached hydrogens (tertiary/aromatic N) is 1. The molecule has 0 saturated carbocycles. The van der Waals surface area contributed by atoms with Crippen molar-refractivity contribution in [3.63, 3.8) is 0 Å². The Morgan fingerprint density at radius 2 is 1.47 bits per heavy atom. The molecule has 0 unspecified atom stereocenters. The van der Waals surface area contributed by atoms with Crippen LogP contribution in [0.15, 0.2) is 72.5 Å². The SMILES string of the molecule is C#Cc1ccc(C(=O)C2=C(n3cccc3C(=O)c3ccc(C#C)cc3O)C=CC2)c(O)c1. The summed E-state index contributed by atoms with van der Waals surface area (Å²) in [5.41, 5.74) is 2.36. The van der Waals surface area contributed by atoms with Crippen LogP contribution in [0.25, 0.3) is 5.70 Å². The van der Waals surface area contributed by atoms with Crippen molar-refractivity contribution in [2.24, 2.45) is 0 Å². The molecule has 0 atom stereocenters. The lowest BCUT2D eigenvalue weighted by Crippen LogP contribution is -2.12. The minimum atomic E-state index is -0.420. The highest BCUT2D eigenvalue weighted by Crippen LogP contribution is 2.32. The second kappa shape index (κ2) is 8.18. The van der Waals surface area contributed by atoms with E-state index in [0.717, 1.165) is 0 Å². The molecule has 154 valence electrons. The van der Waals surface area contributed by atoms with Gasteiger partial charge in [0.1, 0.15) is 11.5 Å². The van der Waals surface area contributed by atoms with Crippen LogP contribution in [0.2, 0.25) is 0 Å². The molecule has 0 fully saturated rings. The maximum absolute atomic E-state index is 13.2. The van der Waals surface area contributed by atoms with E-state index >= 15 is 0 Å². The molecule has 4 rings (SSSR count). The third-order valence-electron chi connectivity index (χ3n) is 5.24. The predicted molar refractivity (Wildman–Crippen MR) is 121 cm³/mol. The van der Waals surface area contributed by atoms with Crippen LogP contribution in [0, 0.1) is 24.7 Å². The molecule has 1 heterocycles. The maximum atomic E-state index is 13.2. The fraction of sp³-hybridized carbons (Fsp3) is 0.0370. The van der Waals surface area contributed by atoms with E-state index in [2.05, 4.69) is 11.8 Å². The molecule has 1 aromatic heterocycles. The van der Waals surface area contributed by atoms with Gasteiger partial charge in [-0.05, 0) is 61.0 Å². The molecule has 0 amide bonds. The number of ketones is 2. The van der Waals surface area contributed by atoms with Gasteiger partial charge in [0.25, 0.3) is 0 Å². The zero-order chi connectivity index (χ0) is 22.8. The zero-order valence-electron chi connectivity index (χ0n) is 16.9. The van der Waals surface area contributed by atoms with E-state index in [4.69, 9.17) is 12.8 Å². The van der Waals surface area contributed by atoms with Crippen molar-refractivity contribution in [2.75, 3.05) is 0 Å². The number of terminal acetylenes is 2. The summed E-state index contributed by atoms with van der Waals surface area (Å²) in [6, 6.07) is 12.1. The van der Waals surface area contributed by atoms with E-state index in [0.29, 0.717) is 28.8 Å². The van der Waals surface area contributed by atoms with Gasteiger partial charge < -0.3 is 14.8 Å². The first kappa shape index (κ1) is 20.5. The Labute approximate surface area is 185 Å². The highest BCUT2D eigenvalue weighted by atomic mass is 16.3. The van der Waals surface area contributed by atoms with Crippen molar-refractivity contribution in [1.29, 1.82) is 0 Å². The number of phenolic OH excluding ortho intramolecular Hbond substituents is 2. The summed E-state index contributed by atoms with van der Waals surface area (Å²) in [6.45, 7) is 0. The number of aromatic nitrogens is 1. The number of benzene rings is 2. The molecule has 3 aromatic rings. The minimum Gasteiger partial charge on any atom is -0.507 e. The van der Waals surface area contributed by atoms with Gasteiger partial charge in [-0.3, -0.25) is 9.59 Å². The van der Waals surface area contributed by atoms with E-state index < -0.39 is 5.78 Å². The normalized spacial score (nSPS) is 12.4. The molecule has 0 spiro atoms. The van der Waals surface area contributed by atoms with Gasteiger partial charge in [0.2, 0.25) is 5.78 Å². The molecular weight excluding hydrogens is 402 g/mol. The highest BCUT2D eigenvalue weighted by molar-refractivity contribution is 6.16. The van der Waals surface area contributed by atoms with Gasteiger partial charge in [-0.2, -0.15) is 0 Å². The summed E-state index contributed by atoms with van der Waals surface area (Å²) >= 11 is 0. The van der Waals surface area contributed by atoms with Gasteiger partial charge in [-0.25, -0.2) is 0 Å². The van der Waals surface area contributed by atoms with Crippen LogP contribution >= 0.6 is 0 Å². The summed E-state index contributed by atoms with van der Waals surface area (Å²) in [7, 11) is 0. The Bertz CT molecular complexity index is 1420. The number of carbonyl (C=O) groups is 2. The van der Waals surface area contributed by atoms with Gasteiger partial charge in [0.15, 0.2) is 5.78 Å². The Hall–Kier alpha value is -4.74. The van der Waals surface area contributed by atoms with Crippen LogP contribution in [0.4, 0.5) is 0 Å². The molecule has 5 heteroatoms. The average molecular weight is 419 g/mol. The average Bonchev–Trinajstić information content (AvgIpc) is 3.47. The summed E-state index contributed by atoms with van der Waals surface area (Å²) in [4.78, 5) is 26.3. The summed E-state index contributed by atoms with van der Waals surface area (Å²) in [5, 5.41) is 20.5. The number of Topliss-reactive ketones (excluding diaryl/α,β-unsaturated/α-hetero) is 1. The van der Waals surface area contributed by atoms with Gasteiger partial charge in [-0.15, -0.1) is 12.8 Å². The molecule has 0 bridgehead atoms. The van der Waals surface area contributed by atoms with Crippen molar-refractivity contribution in [2.45, 2.75) is 6.42 Å². The molecule has 0 saturated heterocycles. The third-order valence-corrected chi connectivity index (χ3v) is 5.24. The predicted octanol–water partition coefficient (Wildman–Crippen LogP) is 4.15. The number of hydrogen-bond acceptors (Lipinski definition) is 4. The van der Waals surface area contributed by atoms with Crippen molar-refractivity contribution < 1.29 is 19.8 Å². The summed E-state index contributed by atoms with van der Waals surface area (Å²) < 4.78 is 1.60. The highest BCUT2D eigenvalue weighted by Gasteiger charge is 2.25. The quantitative estimate of drug-likeness (QED) is 0.481. The molecule has 2 N–H and O–H groups in total. The second-order valence-corrected chi connectivity index (χ2v) is 7.14. The molecule has 1 aliphatic carbocycles. The van der Waals surface area contributed by atoms with E-state index in [1.165, 1.54) is 24.3 Å². The first-order chi connectivity index (χ1) is 15.4. The van der Waals surface area contributed by atoms with Crippen LogP contribution < -0.4 is 0 Å². The number of allylic oxidation sites excluding steroid dienone is 4. The number of rotatable bonds is 5. The summed E-state index contributed by atoms with van der Waals surface area (Å²) in [6.07, 6.45) is 16.3. The lowest BCUT2D eigenvalue weighted by molar-refractivity contribution is 0.101. The lowest BCUT2D eigenvalue weighted by atomic mass is 9.99. The van der Waals surface area contributed by atoms with E-state index in [9.17, 15) is 19.8 Å². The Morgan fingerprint density at radius 3 is 2.03 bits per heavy atom. The number of aromatic hydroxyl groups is 2. The van der Waals surface area contributed by atoms with E-state index in [-0.39, 0.29) is 34.1 Å². The smallest absolute Gasteiger partial charge is 0.213 e. The lowest BCUT2D eigenvalue weighted by Gasteiger charge is -2.13. The van der Waals surface area contributed by atoms with Crippen molar-refractivity contribution in [3.8, 4) is 36.2 Å². The van der Waals surface area contributed by atoms with E-state index in [1.54, 1.807) is 41.1 Å². The molecule has 1 aliphatic rings. The fourth-order valence-electron chi connectivity index (χ4n) is 3.63. The molecule has 5 nitrogen and oxygen atoms in total. The first-order valence-corrected chi connectivity index (χ1v) is 9.70. The zero-order valence-corrected chi connectivity index (χ0v) is 16.9. The van der Waals surface area contributed by atoms with Gasteiger partial charge in [0.05, 0.1) is 22.5 Å². The third kappa shape index (κ3) is 3.49.